The number of aryl methyl sites for hydroxylation is 2. The van der Waals surface area contributed by atoms with Gasteiger partial charge in [-0.2, -0.15) is 0 Å². The molecule has 2 aromatic rings. The minimum atomic E-state index is 0.0263. The number of hydrogen-bond acceptors (Lipinski definition) is 2. The Hall–Kier alpha value is -1.74. The number of carbonyl (C=O) groups excluding carboxylic acids is 1. The van der Waals surface area contributed by atoms with Gasteiger partial charge in [-0.25, -0.2) is 0 Å². The zero-order chi connectivity index (χ0) is 14.5. The molecule has 0 fully saturated rings. The predicted octanol–water partition coefficient (Wildman–Crippen LogP) is 4.21. The molecule has 2 aromatic carbocycles. The van der Waals surface area contributed by atoms with E-state index in [1.807, 2.05) is 49.6 Å². The molecule has 0 aliphatic rings. The Morgan fingerprint density at radius 1 is 1.15 bits per heavy atom. The number of nitrogens with one attached hydrogen (secondary N) is 1. The van der Waals surface area contributed by atoms with Gasteiger partial charge in [0.25, 0.3) is 0 Å². The lowest BCUT2D eigenvalue weighted by molar-refractivity contribution is -0.115. The van der Waals surface area contributed by atoms with E-state index in [0.717, 1.165) is 16.1 Å². The SMILES string of the molecule is CSc1ccccc1NC(=O)Cc1ccc(C)cc1C. The molecule has 0 atom stereocenters. The average molecular weight is 285 g/mol. The summed E-state index contributed by atoms with van der Waals surface area (Å²) in [5.41, 5.74) is 4.35. The van der Waals surface area contributed by atoms with Crippen LogP contribution in [0.5, 0.6) is 0 Å². The number of carbonyl (C=O) groups is 1. The predicted molar refractivity (Wildman–Crippen MR) is 86.5 cm³/mol. The summed E-state index contributed by atoms with van der Waals surface area (Å²) in [6, 6.07) is 14.1. The van der Waals surface area contributed by atoms with E-state index in [0.29, 0.717) is 6.42 Å². The number of rotatable bonds is 4. The van der Waals surface area contributed by atoms with Crippen molar-refractivity contribution in [1.82, 2.24) is 0 Å². The summed E-state index contributed by atoms with van der Waals surface area (Å²) in [6.07, 6.45) is 2.42. The molecule has 2 nitrogen and oxygen atoms in total. The van der Waals surface area contributed by atoms with Crippen LogP contribution in [0.25, 0.3) is 0 Å². The standard InChI is InChI=1S/C17H19NOS/c1-12-8-9-14(13(2)10-12)11-17(19)18-15-6-4-5-7-16(15)20-3/h4-10H,11H2,1-3H3,(H,18,19). The van der Waals surface area contributed by atoms with Crippen molar-refractivity contribution in [3.63, 3.8) is 0 Å². The van der Waals surface area contributed by atoms with Gasteiger partial charge in [0.2, 0.25) is 5.91 Å². The van der Waals surface area contributed by atoms with Gasteiger partial charge in [0.15, 0.2) is 0 Å². The quantitative estimate of drug-likeness (QED) is 0.853. The van der Waals surface area contributed by atoms with E-state index in [1.54, 1.807) is 11.8 Å². The molecule has 0 saturated carbocycles. The molecule has 0 unspecified atom stereocenters. The molecule has 104 valence electrons. The topological polar surface area (TPSA) is 29.1 Å². The van der Waals surface area contributed by atoms with Crippen molar-refractivity contribution >= 4 is 23.4 Å². The van der Waals surface area contributed by atoms with Crippen LogP contribution in [0.4, 0.5) is 5.69 Å². The number of anilines is 1. The van der Waals surface area contributed by atoms with Crippen molar-refractivity contribution in [2.45, 2.75) is 25.2 Å². The maximum atomic E-state index is 12.2. The van der Waals surface area contributed by atoms with Gasteiger partial charge in [0, 0.05) is 4.90 Å². The zero-order valence-corrected chi connectivity index (χ0v) is 12.9. The molecule has 0 aromatic heterocycles. The zero-order valence-electron chi connectivity index (χ0n) is 12.1. The molecule has 0 heterocycles. The molecule has 1 amide bonds. The second kappa shape index (κ2) is 6.62. The number of amides is 1. The van der Waals surface area contributed by atoms with Crippen LogP contribution in [0.1, 0.15) is 16.7 Å². The summed E-state index contributed by atoms with van der Waals surface area (Å²) < 4.78 is 0. The molecule has 2 rings (SSSR count). The average Bonchev–Trinajstić information content (AvgIpc) is 2.42. The van der Waals surface area contributed by atoms with Crippen LogP contribution in [-0.2, 0) is 11.2 Å². The van der Waals surface area contributed by atoms with Gasteiger partial charge in [-0.3, -0.25) is 4.79 Å². The number of thioether (sulfide) groups is 1. The summed E-state index contributed by atoms with van der Waals surface area (Å²) in [5, 5.41) is 2.99. The van der Waals surface area contributed by atoms with E-state index < -0.39 is 0 Å². The summed E-state index contributed by atoms with van der Waals surface area (Å²) in [7, 11) is 0. The molecule has 3 heteroatoms. The minimum absolute atomic E-state index is 0.0263. The van der Waals surface area contributed by atoms with E-state index in [-0.39, 0.29) is 5.91 Å². The van der Waals surface area contributed by atoms with E-state index in [4.69, 9.17) is 0 Å². The number of hydrogen-bond donors (Lipinski definition) is 1. The third kappa shape index (κ3) is 3.64. The Kier molecular flexibility index (Phi) is 4.85. The van der Waals surface area contributed by atoms with E-state index in [9.17, 15) is 4.79 Å². The molecule has 1 N–H and O–H groups in total. The monoisotopic (exact) mass is 285 g/mol. The molecular weight excluding hydrogens is 266 g/mol. The second-order valence-corrected chi connectivity index (χ2v) is 5.70. The van der Waals surface area contributed by atoms with Gasteiger partial charge in [-0.1, -0.05) is 35.9 Å². The van der Waals surface area contributed by atoms with Crippen LogP contribution in [0.2, 0.25) is 0 Å². The van der Waals surface area contributed by atoms with Crippen LogP contribution in [0, 0.1) is 13.8 Å². The van der Waals surface area contributed by atoms with Gasteiger partial charge in [0.05, 0.1) is 12.1 Å². The normalized spacial score (nSPS) is 10.3. The maximum absolute atomic E-state index is 12.2. The number of benzene rings is 2. The summed E-state index contributed by atoms with van der Waals surface area (Å²) in [5.74, 6) is 0.0263. The fraction of sp³-hybridized carbons (Fsp3) is 0.235. The number of para-hydroxylation sites is 1. The Bertz CT molecular complexity index is 622. The highest BCUT2D eigenvalue weighted by atomic mass is 32.2. The van der Waals surface area contributed by atoms with Crippen molar-refractivity contribution in [2.75, 3.05) is 11.6 Å². The van der Waals surface area contributed by atoms with Crippen molar-refractivity contribution in [3.8, 4) is 0 Å². The Morgan fingerprint density at radius 2 is 1.90 bits per heavy atom. The van der Waals surface area contributed by atoms with Gasteiger partial charge in [-0.15, -0.1) is 11.8 Å². The first-order chi connectivity index (χ1) is 9.60. The summed E-state index contributed by atoms with van der Waals surface area (Å²) in [6.45, 7) is 4.11. The lowest BCUT2D eigenvalue weighted by atomic mass is 10.0. The molecule has 0 aliphatic heterocycles. The van der Waals surface area contributed by atoms with Crippen LogP contribution in [-0.4, -0.2) is 12.2 Å². The van der Waals surface area contributed by atoms with Crippen molar-refractivity contribution in [2.24, 2.45) is 0 Å². The van der Waals surface area contributed by atoms with E-state index >= 15 is 0 Å². The van der Waals surface area contributed by atoms with E-state index in [1.165, 1.54) is 11.1 Å². The van der Waals surface area contributed by atoms with Crippen LogP contribution in [0.3, 0.4) is 0 Å². The molecular formula is C17H19NOS. The lowest BCUT2D eigenvalue weighted by Gasteiger charge is -2.10. The third-order valence-electron chi connectivity index (χ3n) is 3.23. The largest absolute Gasteiger partial charge is 0.325 e. The van der Waals surface area contributed by atoms with Crippen LogP contribution >= 0.6 is 11.8 Å². The van der Waals surface area contributed by atoms with Crippen molar-refractivity contribution in [1.29, 1.82) is 0 Å². The lowest BCUT2D eigenvalue weighted by Crippen LogP contribution is -2.15. The molecule has 0 spiro atoms. The van der Waals surface area contributed by atoms with Gasteiger partial charge >= 0.3 is 0 Å². The highest BCUT2D eigenvalue weighted by molar-refractivity contribution is 7.98. The summed E-state index contributed by atoms with van der Waals surface area (Å²) in [4.78, 5) is 13.3. The first-order valence-corrected chi connectivity index (χ1v) is 7.81. The maximum Gasteiger partial charge on any atom is 0.228 e. The molecule has 0 saturated heterocycles. The van der Waals surface area contributed by atoms with Gasteiger partial charge in [0.1, 0.15) is 0 Å². The smallest absolute Gasteiger partial charge is 0.228 e. The fourth-order valence-corrected chi connectivity index (χ4v) is 2.71. The summed E-state index contributed by atoms with van der Waals surface area (Å²) >= 11 is 1.63. The fourth-order valence-electron chi connectivity index (χ4n) is 2.16. The molecule has 0 radical (unpaired) electrons. The van der Waals surface area contributed by atoms with Crippen molar-refractivity contribution in [3.05, 3.63) is 59.2 Å². The van der Waals surface area contributed by atoms with Gasteiger partial charge < -0.3 is 5.32 Å². The van der Waals surface area contributed by atoms with Gasteiger partial charge in [-0.05, 0) is 43.4 Å². The first kappa shape index (κ1) is 14.7. The van der Waals surface area contributed by atoms with E-state index in [2.05, 4.69) is 18.3 Å². The highest BCUT2D eigenvalue weighted by Crippen LogP contribution is 2.24. The molecule has 20 heavy (non-hydrogen) atoms. The Morgan fingerprint density at radius 3 is 2.60 bits per heavy atom. The molecule has 0 bridgehead atoms. The highest BCUT2D eigenvalue weighted by Gasteiger charge is 2.08. The van der Waals surface area contributed by atoms with Crippen LogP contribution < -0.4 is 5.32 Å². The minimum Gasteiger partial charge on any atom is -0.325 e. The Labute approximate surface area is 124 Å². The first-order valence-electron chi connectivity index (χ1n) is 6.59. The third-order valence-corrected chi connectivity index (χ3v) is 4.03. The second-order valence-electron chi connectivity index (χ2n) is 4.86. The van der Waals surface area contributed by atoms with Crippen molar-refractivity contribution < 1.29 is 4.79 Å². The molecule has 0 aliphatic carbocycles. The van der Waals surface area contributed by atoms with Crippen LogP contribution in [0.15, 0.2) is 47.4 Å². The Balaban J connectivity index is 2.09.